The zero-order chi connectivity index (χ0) is 21.4. The van der Waals surface area contributed by atoms with Crippen molar-refractivity contribution in [1.82, 2.24) is 4.90 Å². The standard InChI is InChI=1S/C27H24N2O2/c1-29-18-21(20-12-6-3-7-13-20)25(24(30)17-16-19-10-4-2-5-11-19)27(29)22-14-8-9-15-23(22)28-26(27)31/h2-17,21,25H,18H2,1H3,(H,28,31)/b17-16+/t21-,25+,27-/m0/s1. The number of hydrogen-bond donors (Lipinski definition) is 1. The molecule has 2 aliphatic rings. The summed E-state index contributed by atoms with van der Waals surface area (Å²) in [6.07, 6.45) is 3.49. The van der Waals surface area contributed by atoms with E-state index < -0.39 is 11.5 Å². The molecule has 3 aromatic rings. The number of rotatable bonds is 4. The van der Waals surface area contributed by atoms with Crippen LogP contribution < -0.4 is 5.32 Å². The van der Waals surface area contributed by atoms with Crippen molar-refractivity contribution in [1.29, 1.82) is 0 Å². The number of ketones is 1. The molecule has 2 heterocycles. The molecule has 1 N–H and O–H groups in total. The molecule has 0 radical (unpaired) electrons. The number of hydrogen-bond acceptors (Lipinski definition) is 3. The van der Waals surface area contributed by atoms with Gasteiger partial charge < -0.3 is 5.32 Å². The van der Waals surface area contributed by atoms with Crippen molar-refractivity contribution in [2.45, 2.75) is 11.5 Å². The van der Waals surface area contributed by atoms with Gasteiger partial charge >= 0.3 is 0 Å². The van der Waals surface area contributed by atoms with E-state index in [4.69, 9.17) is 0 Å². The molecule has 154 valence electrons. The van der Waals surface area contributed by atoms with Crippen molar-refractivity contribution < 1.29 is 9.59 Å². The van der Waals surface area contributed by atoms with E-state index in [0.717, 1.165) is 22.4 Å². The van der Waals surface area contributed by atoms with Crippen LogP contribution in [0.1, 0.15) is 22.6 Å². The van der Waals surface area contributed by atoms with Gasteiger partial charge in [0, 0.05) is 23.7 Å². The molecule has 1 saturated heterocycles. The van der Waals surface area contributed by atoms with Crippen LogP contribution >= 0.6 is 0 Å². The Morgan fingerprint density at radius 2 is 1.61 bits per heavy atom. The van der Waals surface area contributed by atoms with E-state index >= 15 is 0 Å². The average Bonchev–Trinajstić information content (AvgIpc) is 3.28. The molecule has 0 saturated carbocycles. The summed E-state index contributed by atoms with van der Waals surface area (Å²) in [6.45, 7) is 0.626. The van der Waals surface area contributed by atoms with Crippen LogP contribution in [0.15, 0.2) is 91.0 Å². The lowest BCUT2D eigenvalue weighted by atomic mass is 9.71. The number of carbonyl (C=O) groups is 2. The number of para-hydroxylation sites is 1. The van der Waals surface area contributed by atoms with Crippen LogP contribution in [0.4, 0.5) is 5.69 Å². The topological polar surface area (TPSA) is 49.4 Å². The summed E-state index contributed by atoms with van der Waals surface area (Å²) < 4.78 is 0. The van der Waals surface area contributed by atoms with Crippen LogP contribution in [0.25, 0.3) is 6.08 Å². The average molecular weight is 409 g/mol. The molecule has 5 rings (SSSR count). The zero-order valence-electron chi connectivity index (χ0n) is 17.4. The highest BCUT2D eigenvalue weighted by Gasteiger charge is 2.63. The van der Waals surface area contributed by atoms with Gasteiger partial charge in [-0.25, -0.2) is 0 Å². The molecule has 1 spiro atoms. The molecule has 2 aliphatic heterocycles. The second-order valence-corrected chi connectivity index (χ2v) is 8.29. The number of likely N-dealkylation sites (N-methyl/N-ethyl adjacent to an activating group) is 1. The first-order valence-electron chi connectivity index (χ1n) is 10.6. The Morgan fingerprint density at radius 3 is 2.35 bits per heavy atom. The summed E-state index contributed by atoms with van der Waals surface area (Å²) in [5.74, 6) is -0.769. The lowest BCUT2D eigenvalue weighted by Gasteiger charge is -2.35. The molecule has 3 atom stereocenters. The summed E-state index contributed by atoms with van der Waals surface area (Å²) in [5, 5.41) is 3.03. The molecule has 31 heavy (non-hydrogen) atoms. The molecule has 3 aromatic carbocycles. The Balaban J connectivity index is 1.64. The number of fused-ring (bicyclic) bond motifs is 2. The molecule has 0 aromatic heterocycles. The van der Waals surface area contributed by atoms with Crippen LogP contribution in [-0.4, -0.2) is 30.2 Å². The fraction of sp³-hybridized carbons (Fsp3) is 0.185. The largest absolute Gasteiger partial charge is 0.324 e. The lowest BCUT2D eigenvalue weighted by Crippen LogP contribution is -2.51. The van der Waals surface area contributed by atoms with E-state index in [0.29, 0.717) is 6.54 Å². The molecular formula is C27H24N2O2. The fourth-order valence-corrected chi connectivity index (χ4v) is 5.27. The van der Waals surface area contributed by atoms with Gasteiger partial charge in [-0.05, 0) is 30.3 Å². The minimum Gasteiger partial charge on any atom is -0.324 e. The number of amides is 1. The maximum absolute atomic E-state index is 13.8. The molecule has 4 heteroatoms. The maximum atomic E-state index is 13.8. The van der Waals surface area contributed by atoms with E-state index in [1.165, 1.54) is 0 Å². The van der Waals surface area contributed by atoms with Crippen LogP contribution in [0.5, 0.6) is 0 Å². The van der Waals surface area contributed by atoms with Gasteiger partial charge in [-0.1, -0.05) is 84.9 Å². The summed E-state index contributed by atoms with van der Waals surface area (Å²) in [4.78, 5) is 29.3. The number of carbonyl (C=O) groups excluding carboxylic acids is 2. The summed E-state index contributed by atoms with van der Waals surface area (Å²) in [7, 11) is 1.95. The highest BCUT2D eigenvalue weighted by Crippen LogP contribution is 2.54. The number of anilines is 1. The third-order valence-corrected chi connectivity index (χ3v) is 6.63. The van der Waals surface area contributed by atoms with Crippen molar-refractivity contribution >= 4 is 23.5 Å². The first-order chi connectivity index (χ1) is 15.1. The van der Waals surface area contributed by atoms with E-state index in [1.54, 1.807) is 6.08 Å². The van der Waals surface area contributed by atoms with Gasteiger partial charge in [-0.3, -0.25) is 14.5 Å². The summed E-state index contributed by atoms with van der Waals surface area (Å²) >= 11 is 0. The number of nitrogens with zero attached hydrogens (tertiary/aromatic N) is 1. The third-order valence-electron chi connectivity index (χ3n) is 6.63. The van der Waals surface area contributed by atoms with Crippen molar-refractivity contribution in [3.63, 3.8) is 0 Å². The molecule has 1 fully saturated rings. The summed E-state index contributed by atoms with van der Waals surface area (Å²) in [6, 6.07) is 27.6. The Hall–Kier alpha value is -3.50. The van der Waals surface area contributed by atoms with Gasteiger partial charge in [0.2, 0.25) is 5.91 Å². The lowest BCUT2D eigenvalue weighted by molar-refractivity contribution is -0.133. The highest BCUT2D eigenvalue weighted by atomic mass is 16.2. The van der Waals surface area contributed by atoms with Crippen LogP contribution in [0.2, 0.25) is 0 Å². The van der Waals surface area contributed by atoms with Crippen LogP contribution in [0.3, 0.4) is 0 Å². The molecule has 4 nitrogen and oxygen atoms in total. The van der Waals surface area contributed by atoms with Crippen molar-refractivity contribution in [3.8, 4) is 0 Å². The van der Waals surface area contributed by atoms with Gasteiger partial charge in [0.15, 0.2) is 5.78 Å². The van der Waals surface area contributed by atoms with Crippen molar-refractivity contribution in [3.05, 3.63) is 108 Å². The monoisotopic (exact) mass is 408 g/mol. The van der Waals surface area contributed by atoms with E-state index in [1.807, 2.05) is 85.9 Å². The number of nitrogens with one attached hydrogen (secondary N) is 1. The zero-order valence-corrected chi connectivity index (χ0v) is 17.4. The third kappa shape index (κ3) is 3.03. The predicted octanol–water partition coefficient (Wildman–Crippen LogP) is 4.46. The SMILES string of the molecule is CN1C[C@@H](c2ccccc2)[C@H](C(=O)/C=C/c2ccccc2)[C@@]12C(=O)Nc1ccccc12. The smallest absolute Gasteiger partial charge is 0.250 e. The van der Waals surface area contributed by atoms with Gasteiger partial charge in [-0.15, -0.1) is 0 Å². The van der Waals surface area contributed by atoms with E-state index in [9.17, 15) is 9.59 Å². The van der Waals surface area contributed by atoms with Crippen LogP contribution in [0, 0.1) is 5.92 Å². The van der Waals surface area contributed by atoms with Gasteiger partial charge in [0.25, 0.3) is 0 Å². The number of benzene rings is 3. The molecule has 0 bridgehead atoms. The van der Waals surface area contributed by atoms with Crippen molar-refractivity contribution in [2.75, 3.05) is 18.9 Å². The quantitative estimate of drug-likeness (QED) is 0.649. The fourth-order valence-electron chi connectivity index (χ4n) is 5.27. The number of likely N-dealkylation sites (tertiary alicyclic amines) is 1. The normalized spacial score (nSPS) is 25.1. The first kappa shape index (κ1) is 19.5. The Morgan fingerprint density at radius 1 is 0.968 bits per heavy atom. The minimum absolute atomic E-state index is 0.0334. The van der Waals surface area contributed by atoms with E-state index in [2.05, 4.69) is 22.3 Å². The van der Waals surface area contributed by atoms with Gasteiger partial charge in [0.1, 0.15) is 5.54 Å². The maximum Gasteiger partial charge on any atom is 0.250 e. The second kappa shape index (κ2) is 7.64. The first-order valence-corrected chi connectivity index (χ1v) is 10.6. The van der Waals surface area contributed by atoms with Crippen LogP contribution in [-0.2, 0) is 15.1 Å². The highest BCUT2D eigenvalue weighted by molar-refractivity contribution is 6.11. The molecule has 1 amide bonds. The summed E-state index contributed by atoms with van der Waals surface area (Å²) in [5.41, 5.74) is 2.69. The molecule has 0 unspecified atom stereocenters. The molecule has 0 aliphatic carbocycles. The Kier molecular flexibility index (Phi) is 4.79. The van der Waals surface area contributed by atoms with E-state index in [-0.39, 0.29) is 17.6 Å². The second-order valence-electron chi connectivity index (χ2n) is 8.29. The van der Waals surface area contributed by atoms with Crippen molar-refractivity contribution in [2.24, 2.45) is 5.92 Å². The Bertz CT molecular complexity index is 1160. The van der Waals surface area contributed by atoms with Gasteiger partial charge in [0.05, 0.1) is 5.92 Å². The van der Waals surface area contributed by atoms with Gasteiger partial charge in [-0.2, -0.15) is 0 Å². The Labute approximate surface area is 182 Å². The predicted molar refractivity (Wildman–Crippen MR) is 123 cm³/mol. The minimum atomic E-state index is -1.02. The molecular weight excluding hydrogens is 384 g/mol. The number of allylic oxidation sites excluding steroid dienone is 1.